The molecule has 0 amide bonds. The fourth-order valence-electron chi connectivity index (χ4n) is 1.90. The highest BCUT2D eigenvalue weighted by atomic mass is 15.4. The fourth-order valence-corrected chi connectivity index (χ4v) is 1.90. The van der Waals surface area contributed by atoms with Gasteiger partial charge in [0.25, 0.3) is 0 Å². The summed E-state index contributed by atoms with van der Waals surface area (Å²) in [5.41, 5.74) is 9.21. The quantitative estimate of drug-likeness (QED) is 0.867. The van der Waals surface area contributed by atoms with Crippen molar-refractivity contribution in [3.05, 3.63) is 29.3 Å². The summed E-state index contributed by atoms with van der Waals surface area (Å²) in [4.78, 5) is 4.20. The summed E-state index contributed by atoms with van der Waals surface area (Å²) >= 11 is 0. The summed E-state index contributed by atoms with van der Waals surface area (Å²) in [5, 5.41) is 7.50. The van der Waals surface area contributed by atoms with Crippen molar-refractivity contribution in [2.45, 2.75) is 27.2 Å². The molecule has 0 radical (unpaired) electrons. The number of hydrogen-bond donors (Lipinski definition) is 2. The molecule has 5 heteroatoms. The molecule has 96 valence electrons. The number of nitrogens with one attached hydrogen (secondary N) is 1. The second-order valence-electron chi connectivity index (χ2n) is 4.48. The lowest BCUT2D eigenvalue weighted by Gasteiger charge is -2.05. The Morgan fingerprint density at radius 3 is 2.50 bits per heavy atom. The van der Waals surface area contributed by atoms with Crippen LogP contribution in [0.1, 0.15) is 24.5 Å². The molecule has 2 rings (SSSR count). The largest absolute Gasteiger partial charge is 0.368 e. The first-order valence-electron chi connectivity index (χ1n) is 6.15. The van der Waals surface area contributed by atoms with Crippen LogP contribution in [0.2, 0.25) is 0 Å². The predicted molar refractivity (Wildman–Crippen MR) is 74.0 cm³/mol. The molecule has 0 aliphatic rings. The van der Waals surface area contributed by atoms with E-state index in [1.807, 2.05) is 12.1 Å². The standard InChI is InChI=1S/C13H19N5/c1-4-5-15-13-16-12(14)18(17-13)11-7-9(2)6-10(3)8-11/h6-8H,4-5H2,1-3H3,(H3,14,15,16,17). The van der Waals surface area contributed by atoms with Gasteiger partial charge in [0, 0.05) is 6.54 Å². The summed E-state index contributed by atoms with van der Waals surface area (Å²) < 4.78 is 1.66. The molecule has 0 spiro atoms. The van der Waals surface area contributed by atoms with Crippen LogP contribution in [0.3, 0.4) is 0 Å². The van der Waals surface area contributed by atoms with Gasteiger partial charge in [-0.1, -0.05) is 13.0 Å². The normalized spacial score (nSPS) is 10.6. The summed E-state index contributed by atoms with van der Waals surface area (Å²) in [7, 11) is 0. The maximum Gasteiger partial charge on any atom is 0.244 e. The number of aryl methyl sites for hydroxylation is 2. The van der Waals surface area contributed by atoms with E-state index in [9.17, 15) is 0 Å². The van der Waals surface area contributed by atoms with E-state index in [0.717, 1.165) is 18.7 Å². The molecule has 3 N–H and O–H groups in total. The van der Waals surface area contributed by atoms with E-state index in [4.69, 9.17) is 5.73 Å². The molecule has 1 aromatic heterocycles. The molecule has 0 fully saturated rings. The van der Waals surface area contributed by atoms with Gasteiger partial charge in [0.15, 0.2) is 0 Å². The molecule has 0 unspecified atom stereocenters. The third-order valence-corrected chi connectivity index (χ3v) is 2.62. The first-order valence-corrected chi connectivity index (χ1v) is 6.15. The van der Waals surface area contributed by atoms with Crippen LogP contribution in [0, 0.1) is 13.8 Å². The minimum Gasteiger partial charge on any atom is -0.368 e. The van der Waals surface area contributed by atoms with Crippen LogP contribution < -0.4 is 11.1 Å². The minimum absolute atomic E-state index is 0.401. The van der Waals surface area contributed by atoms with Crippen LogP contribution in [0.15, 0.2) is 18.2 Å². The second kappa shape index (κ2) is 5.08. The van der Waals surface area contributed by atoms with Gasteiger partial charge < -0.3 is 11.1 Å². The zero-order valence-corrected chi connectivity index (χ0v) is 11.1. The van der Waals surface area contributed by atoms with Gasteiger partial charge in [0.05, 0.1) is 5.69 Å². The predicted octanol–water partition coefficient (Wildman–Crippen LogP) is 2.29. The summed E-state index contributed by atoms with van der Waals surface area (Å²) in [6, 6.07) is 6.20. The molecule has 0 saturated heterocycles. The van der Waals surface area contributed by atoms with Crippen molar-refractivity contribution in [1.29, 1.82) is 0 Å². The van der Waals surface area contributed by atoms with Gasteiger partial charge >= 0.3 is 0 Å². The van der Waals surface area contributed by atoms with Gasteiger partial charge in [0.2, 0.25) is 11.9 Å². The minimum atomic E-state index is 0.401. The Labute approximate surface area is 107 Å². The number of nitrogen functional groups attached to an aromatic ring is 1. The van der Waals surface area contributed by atoms with Crippen molar-refractivity contribution in [3.63, 3.8) is 0 Å². The van der Waals surface area contributed by atoms with Crippen LogP contribution in [0.5, 0.6) is 0 Å². The monoisotopic (exact) mass is 245 g/mol. The van der Waals surface area contributed by atoms with Crippen LogP contribution >= 0.6 is 0 Å². The molecule has 5 nitrogen and oxygen atoms in total. The highest BCUT2D eigenvalue weighted by Gasteiger charge is 2.08. The van der Waals surface area contributed by atoms with Crippen LogP contribution in [0.25, 0.3) is 5.69 Å². The number of nitrogens with two attached hydrogens (primary N) is 1. The van der Waals surface area contributed by atoms with Crippen LogP contribution in [0.4, 0.5) is 11.9 Å². The molecule has 0 aliphatic carbocycles. The number of rotatable bonds is 4. The molecular formula is C13H19N5. The lowest BCUT2D eigenvalue weighted by molar-refractivity contribution is 0.878. The molecule has 0 aliphatic heterocycles. The van der Waals surface area contributed by atoms with Gasteiger partial charge in [-0.15, -0.1) is 5.10 Å². The van der Waals surface area contributed by atoms with Crippen LogP contribution in [-0.4, -0.2) is 21.3 Å². The van der Waals surface area contributed by atoms with E-state index < -0.39 is 0 Å². The molecule has 2 aromatic rings. The highest BCUT2D eigenvalue weighted by molar-refractivity contribution is 5.45. The number of benzene rings is 1. The molecule has 0 bridgehead atoms. The third-order valence-electron chi connectivity index (χ3n) is 2.62. The Hall–Kier alpha value is -2.04. The number of anilines is 2. The highest BCUT2D eigenvalue weighted by Crippen LogP contribution is 2.17. The Kier molecular flexibility index (Phi) is 3.50. The zero-order chi connectivity index (χ0) is 13.1. The van der Waals surface area contributed by atoms with E-state index in [2.05, 4.69) is 42.2 Å². The lowest BCUT2D eigenvalue weighted by atomic mass is 10.1. The maximum absolute atomic E-state index is 5.89. The van der Waals surface area contributed by atoms with Gasteiger partial charge in [-0.3, -0.25) is 0 Å². The molecule has 0 saturated carbocycles. The van der Waals surface area contributed by atoms with Gasteiger partial charge in [0.1, 0.15) is 0 Å². The Morgan fingerprint density at radius 2 is 1.89 bits per heavy atom. The Morgan fingerprint density at radius 1 is 1.22 bits per heavy atom. The van der Waals surface area contributed by atoms with Crippen molar-refractivity contribution in [1.82, 2.24) is 14.8 Å². The Balaban J connectivity index is 2.34. The third kappa shape index (κ3) is 2.61. The van der Waals surface area contributed by atoms with E-state index in [-0.39, 0.29) is 0 Å². The van der Waals surface area contributed by atoms with E-state index in [1.54, 1.807) is 4.68 Å². The summed E-state index contributed by atoms with van der Waals surface area (Å²) in [6.07, 6.45) is 1.03. The smallest absolute Gasteiger partial charge is 0.244 e. The van der Waals surface area contributed by atoms with Crippen LogP contribution in [-0.2, 0) is 0 Å². The molecular weight excluding hydrogens is 226 g/mol. The van der Waals surface area contributed by atoms with Gasteiger partial charge in [-0.05, 0) is 43.5 Å². The van der Waals surface area contributed by atoms with E-state index in [0.29, 0.717) is 11.9 Å². The van der Waals surface area contributed by atoms with Crippen molar-refractivity contribution in [2.24, 2.45) is 0 Å². The van der Waals surface area contributed by atoms with Gasteiger partial charge in [-0.25, -0.2) is 0 Å². The topological polar surface area (TPSA) is 68.8 Å². The number of hydrogen-bond acceptors (Lipinski definition) is 4. The summed E-state index contributed by atoms with van der Waals surface area (Å²) in [5.74, 6) is 0.979. The number of nitrogens with zero attached hydrogens (tertiary/aromatic N) is 3. The van der Waals surface area contributed by atoms with Crippen molar-refractivity contribution in [2.75, 3.05) is 17.6 Å². The molecule has 18 heavy (non-hydrogen) atoms. The van der Waals surface area contributed by atoms with Crippen molar-refractivity contribution >= 4 is 11.9 Å². The zero-order valence-electron chi connectivity index (χ0n) is 11.1. The van der Waals surface area contributed by atoms with Crippen molar-refractivity contribution in [3.8, 4) is 5.69 Å². The summed E-state index contributed by atoms with van der Waals surface area (Å²) in [6.45, 7) is 7.05. The average molecular weight is 245 g/mol. The Bertz CT molecular complexity index is 524. The molecule has 1 aromatic carbocycles. The first kappa shape index (κ1) is 12.4. The van der Waals surface area contributed by atoms with Gasteiger partial charge in [-0.2, -0.15) is 9.67 Å². The lowest BCUT2D eigenvalue weighted by Crippen LogP contribution is -2.04. The van der Waals surface area contributed by atoms with Crippen molar-refractivity contribution < 1.29 is 0 Å². The second-order valence-corrected chi connectivity index (χ2v) is 4.48. The average Bonchev–Trinajstić information content (AvgIpc) is 2.66. The molecule has 0 atom stereocenters. The SMILES string of the molecule is CCCNc1nc(N)n(-c2cc(C)cc(C)c2)n1. The first-order chi connectivity index (χ1) is 8.60. The van der Waals surface area contributed by atoms with E-state index in [1.165, 1.54) is 11.1 Å². The fraction of sp³-hybridized carbons (Fsp3) is 0.385. The molecule has 1 heterocycles. The van der Waals surface area contributed by atoms with E-state index >= 15 is 0 Å². The number of aromatic nitrogens is 3. The maximum atomic E-state index is 5.89.